The highest BCUT2D eigenvalue weighted by molar-refractivity contribution is 5.92. The zero-order valence-corrected chi connectivity index (χ0v) is 16.3. The van der Waals surface area contributed by atoms with Crippen molar-refractivity contribution in [1.29, 1.82) is 0 Å². The lowest BCUT2D eigenvalue weighted by molar-refractivity contribution is 0.0691. The van der Waals surface area contributed by atoms with Gasteiger partial charge in [0.25, 0.3) is 0 Å². The number of aromatic carboxylic acids is 1. The summed E-state index contributed by atoms with van der Waals surface area (Å²) in [5.41, 5.74) is 3.43. The molecule has 0 amide bonds. The molecule has 1 aliphatic carbocycles. The van der Waals surface area contributed by atoms with Crippen molar-refractivity contribution in [1.82, 2.24) is 0 Å². The first-order valence-corrected chi connectivity index (χ1v) is 9.41. The lowest BCUT2D eigenvalue weighted by Crippen LogP contribution is -2.24. The number of hydrogen-bond acceptors (Lipinski definition) is 1. The Labute approximate surface area is 147 Å². The molecule has 134 valence electrons. The molecule has 0 saturated heterocycles. The van der Waals surface area contributed by atoms with Crippen LogP contribution in [0, 0.1) is 5.92 Å². The number of carboxylic acid groups (broad SMARTS) is 1. The van der Waals surface area contributed by atoms with E-state index in [4.69, 9.17) is 0 Å². The van der Waals surface area contributed by atoms with Crippen LogP contribution >= 0.6 is 0 Å². The van der Waals surface area contributed by atoms with E-state index in [1.165, 1.54) is 37.7 Å². The monoisotopic (exact) mass is 330 g/mol. The van der Waals surface area contributed by atoms with Gasteiger partial charge in [0, 0.05) is 0 Å². The number of carboxylic acids is 1. The van der Waals surface area contributed by atoms with Crippen molar-refractivity contribution in [2.24, 2.45) is 5.92 Å². The summed E-state index contributed by atoms with van der Waals surface area (Å²) in [5.74, 6) is 0.0625. The lowest BCUT2D eigenvalue weighted by Gasteiger charge is -2.29. The molecular weight excluding hydrogens is 296 g/mol. The molecule has 0 radical (unpaired) electrons. The number of hydrogen-bond donors (Lipinski definition) is 1. The van der Waals surface area contributed by atoms with E-state index in [2.05, 4.69) is 53.7 Å². The molecule has 0 spiro atoms. The first-order chi connectivity index (χ1) is 11.0. The molecule has 24 heavy (non-hydrogen) atoms. The average Bonchev–Trinajstić information content (AvgIpc) is 2.95. The van der Waals surface area contributed by atoms with Crippen molar-refractivity contribution >= 4 is 5.97 Å². The first-order valence-electron chi connectivity index (χ1n) is 9.41. The van der Waals surface area contributed by atoms with Crippen molar-refractivity contribution in [2.75, 3.05) is 0 Å². The van der Waals surface area contributed by atoms with Gasteiger partial charge in [-0.3, -0.25) is 0 Å². The molecule has 0 heterocycles. The molecule has 1 aromatic carbocycles. The van der Waals surface area contributed by atoms with Crippen LogP contribution in [0.5, 0.6) is 0 Å². The number of carbonyl (C=O) groups is 1. The van der Waals surface area contributed by atoms with Gasteiger partial charge in [-0.25, -0.2) is 4.79 Å². The van der Waals surface area contributed by atoms with Crippen LogP contribution in [0.2, 0.25) is 0 Å². The Balaban J connectivity index is 2.47. The summed E-state index contributed by atoms with van der Waals surface area (Å²) in [6, 6.07) is 4.32. The predicted octanol–water partition coefficient (Wildman–Crippen LogP) is 6.10. The van der Waals surface area contributed by atoms with Crippen molar-refractivity contribution in [3.63, 3.8) is 0 Å². The van der Waals surface area contributed by atoms with Gasteiger partial charge >= 0.3 is 5.97 Å². The largest absolute Gasteiger partial charge is 0.478 e. The summed E-state index contributed by atoms with van der Waals surface area (Å²) in [6.45, 7) is 12.7. The second kappa shape index (κ2) is 6.90. The van der Waals surface area contributed by atoms with E-state index >= 15 is 0 Å². The smallest absolute Gasteiger partial charge is 0.336 e. The second-order valence-electron chi connectivity index (χ2n) is 9.56. The van der Waals surface area contributed by atoms with Crippen molar-refractivity contribution in [3.8, 4) is 0 Å². The van der Waals surface area contributed by atoms with Gasteiger partial charge in [0.05, 0.1) is 5.56 Å². The highest BCUT2D eigenvalue weighted by Gasteiger charge is 2.30. The average molecular weight is 331 g/mol. The van der Waals surface area contributed by atoms with Gasteiger partial charge in [-0.15, -0.1) is 0 Å². The number of benzene rings is 1. The minimum Gasteiger partial charge on any atom is -0.478 e. The zero-order chi connectivity index (χ0) is 18.1. The summed E-state index contributed by atoms with van der Waals surface area (Å²) < 4.78 is 0. The van der Waals surface area contributed by atoms with Crippen molar-refractivity contribution < 1.29 is 9.90 Å². The minimum absolute atomic E-state index is 0.170. The van der Waals surface area contributed by atoms with Gasteiger partial charge in [0.15, 0.2) is 0 Å². The SMILES string of the molecule is CC(C)(C)c1cc(CCC2CCCC2)cc(C(C)(C)C)c1C(=O)O. The molecule has 1 aromatic rings. The molecule has 2 nitrogen and oxygen atoms in total. The Bertz CT molecular complexity index is 558. The molecule has 1 fully saturated rings. The fraction of sp³-hybridized carbons (Fsp3) is 0.682. The standard InChI is InChI=1S/C22H34O2/c1-21(2,3)17-13-16(12-11-15-9-7-8-10-15)14-18(22(4,5)6)19(17)20(23)24/h13-15H,7-12H2,1-6H3,(H,23,24). The van der Waals surface area contributed by atoms with Gasteiger partial charge in [-0.05, 0) is 46.3 Å². The summed E-state index contributed by atoms with van der Waals surface area (Å²) in [6.07, 6.45) is 7.79. The fourth-order valence-corrected chi connectivity index (χ4v) is 3.93. The van der Waals surface area contributed by atoms with Crippen LogP contribution in [0.1, 0.15) is 101 Å². The van der Waals surface area contributed by atoms with Crippen LogP contribution in [0.4, 0.5) is 0 Å². The van der Waals surface area contributed by atoms with E-state index in [1.54, 1.807) is 0 Å². The Kier molecular flexibility index (Phi) is 5.47. The molecule has 2 heteroatoms. The van der Waals surface area contributed by atoms with E-state index in [9.17, 15) is 9.90 Å². The molecule has 0 aromatic heterocycles. The molecule has 0 bridgehead atoms. The second-order valence-corrected chi connectivity index (χ2v) is 9.56. The highest BCUT2D eigenvalue weighted by Crippen LogP contribution is 2.36. The Morgan fingerprint density at radius 3 is 1.83 bits per heavy atom. The molecule has 0 atom stereocenters. The van der Waals surface area contributed by atoms with E-state index in [0.717, 1.165) is 23.5 Å². The lowest BCUT2D eigenvalue weighted by atomic mass is 9.74. The molecule has 1 saturated carbocycles. The zero-order valence-electron chi connectivity index (χ0n) is 16.3. The van der Waals surface area contributed by atoms with Gasteiger partial charge in [0.2, 0.25) is 0 Å². The topological polar surface area (TPSA) is 37.3 Å². The summed E-state index contributed by atoms with van der Waals surface area (Å²) >= 11 is 0. The summed E-state index contributed by atoms with van der Waals surface area (Å²) in [4.78, 5) is 12.0. The Hall–Kier alpha value is -1.31. The predicted molar refractivity (Wildman–Crippen MR) is 101 cm³/mol. The maximum atomic E-state index is 12.0. The maximum absolute atomic E-state index is 12.0. The van der Waals surface area contributed by atoms with Gasteiger partial charge in [-0.1, -0.05) is 79.4 Å². The molecule has 2 rings (SSSR count). The van der Waals surface area contributed by atoms with Crippen LogP contribution in [-0.4, -0.2) is 11.1 Å². The van der Waals surface area contributed by atoms with Crippen LogP contribution < -0.4 is 0 Å². The Morgan fingerprint density at radius 2 is 1.46 bits per heavy atom. The van der Waals surface area contributed by atoms with E-state index < -0.39 is 5.97 Å². The normalized spacial score (nSPS) is 16.6. The fourth-order valence-electron chi connectivity index (χ4n) is 3.93. The minimum atomic E-state index is -0.799. The third kappa shape index (κ3) is 4.40. The molecule has 0 unspecified atom stereocenters. The van der Waals surface area contributed by atoms with Gasteiger partial charge < -0.3 is 5.11 Å². The van der Waals surface area contributed by atoms with Crippen LogP contribution in [0.3, 0.4) is 0 Å². The van der Waals surface area contributed by atoms with Crippen LogP contribution in [-0.2, 0) is 17.3 Å². The number of aryl methyl sites for hydroxylation is 1. The molecule has 0 aliphatic heterocycles. The van der Waals surface area contributed by atoms with E-state index in [-0.39, 0.29) is 10.8 Å². The van der Waals surface area contributed by atoms with Crippen LogP contribution in [0.25, 0.3) is 0 Å². The van der Waals surface area contributed by atoms with Crippen molar-refractivity contribution in [2.45, 2.75) is 90.9 Å². The van der Waals surface area contributed by atoms with Crippen molar-refractivity contribution in [3.05, 3.63) is 34.4 Å². The Morgan fingerprint density at radius 1 is 1.00 bits per heavy atom. The number of rotatable bonds is 4. The van der Waals surface area contributed by atoms with Crippen LogP contribution in [0.15, 0.2) is 12.1 Å². The van der Waals surface area contributed by atoms with Gasteiger partial charge in [0.1, 0.15) is 0 Å². The molecule has 1 N–H and O–H groups in total. The molecule has 1 aliphatic rings. The highest BCUT2D eigenvalue weighted by atomic mass is 16.4. The van der Waals surface area contributed by atoms with Gasteiger partial charge in [-0.2, -0.15) is 0 Å². The first kappa shape index (κ1) is 19.0. The summed E-state index contributed by atoms with van der Waals surface area (Å²) in [5, 5.41) is 9.87. The summed E-state index contributed by atoms with van der Waals surface area (Å²) in [7, 11) is 0. The van der Waals surface area contributed by atoms with E-state index in [1.807, 2.05) is 0 Å². The molecular formula is C22H34O2. The third-order valence-electron chi connectivity index (χ3n) is 5.34. The maximum Gasteiger partial charge on any atom is 0.336 e. The van der Waals surface area contributed by atoms with E-state index in [0.29, 0.717) is 5.56 Å². The third-order valence-corrected chi connectivity index (χ3v) is 5.34. The quantitative estimate of drug-likeness (QED) is 0.724.